The second-order valence-electron chi connectivity index (χ2n) is 5.53. The van der Waals surface area contributed by atoms with E-state index in [1.165, 1.54) is 11.1 Å². The van der Waals surface area contributed by atoms with Crippen LogP contribution in [0.25, 0.3) is 11.2 Å². The number of aromatic nitrogens is 4. The first-order valence-electron chi connectivity index (χ1n) is 7.48. The van der Waals surface area contributed by atoms with E-state index in [2.05, 4.69) is 40.9 Å². The van der Waals surface area contributed by atoms with Crippen molar-refractivity contribution < 1.29 is 4.74 Å². The van der Waals surface area contributed by atoms with E-state index in [9.17, 15) is 0 Å². The van der Waals surface area contributed by atoms with Crippen LogP contribution in [0, 0.1) is 13.8 Å². The van der Waals surface area contributed by atoms with Gasteiger partial charge in [-0.3, -0.25) is 0 Å². The van der Waals surface area contributed by atoms with Crippen LogP contribution in [-0.4, -0.2) is 26.1 Å². The van der Waals surface area contributed by atoms with Crippen molar-refractivity contribution >= 4 is 22.9 Å². The average molecular weight is 312 g/mol. The van der Waals surface area contributed by atoms with Crippen molar-refractivity contribution in [3.8, 4) is 5.75 Å². The van der Waals surface area contributed by atoms with Crippen LogP contribution in [0.5, 0.6) is 5.75 Å². The molecule has 0 spiro atoms. The molecule has 0 radical (unpaired) electrons. The van der Waals surface area contributed by atoms with Crippen molar-refractivity contribution in [1.82, 2.24) is 19.5 Å². The number of ether oxygens (including phenoxy) is 1. The maximum atomic E-state index is 5.80. The first kappa shape index (κ1) is 15.1. The third-order valence-corrected chi connectivity index (χ3v) is 3.80. The van der Waals surface area contributed by atoms with Crippen molar-refractivity contribution in [3.05, 3.63) is 35.7 Å². The van der Waals surface area contributed by atoms with Gasteiger partial charge in [-0.1, -0.05) is 6.07 Å². The largest absolute Gasteiger partial charge is 0.494 e. The molecule has 0 aliphatic rings. The molecule has 0 saturated heterocycles. The second kappa shape index (κ2) is 6.12. The summed E-state index contributed by atoms with van der Waals surface area (Å²) in [5.41, 5.74) is 15.2. The Morgan fingerprint density at radius 3 is 2.74 bits per heavy atom. The molecule has 7 nitrogen and oxygen atoms in total. The van der Waals surface area contributed by atoms with Crippen LogP contribution >= 0.6 is 0 Å². The number of benzene rings is 1. The number of nitrogens with zero attached hydrogens (tertiary/aromatic N) is 4. The maximum absolute atomic E-state index is 5.80. The molecular formula is C16H20N6O. The van der Waals surface area contributed by atoms with Gasteiger partial charge in [0.25, 0.3) is 0 Å². The van der Waals surface area contributed by atoms with Gasteiger partial charge in [0.05, 0.1) is 12.9 Å². The summed E-state index contributed by atoms with van der Waals surface area (Å²) in [5.74, 6) is 1.35. The summed E-state index contributed by atoms with van der Waals surface area (Å²) < 4.78 is 7.69. The molecule has 3 rings (SSSR count). The SMILES string of the molecule is Cc1ccc(OCCCn2cnc3c(N)nc(N)nc32)cc1C. The summed E-state index contributed by atoms with van der Waals surface area (Å²) in [6.45, 7) is 5.49. The van der Waals surface area contributed by atoms with Gasteiger partial charge in [0.1, 0.15) is 11.3 Å². The summed E-state index contributed by atoms with van der Waals surface area (Å²) >= 11 is 0. The van der Waals surface area contributed by atoms with Gasteiger partial charge in [-0.25, -0.2) is 4.98 Å². The summed E-state index contributed by atoms with van der Waals surface area (Å²) in [6, 6.07) is 6.11. The van der Waals surface area contributed by atoms with Crippen LogP contribution in [0.2, 0.25) is 0 Å². The highest BCUT2D eigenvalue weighted by Crippen LogP contribution is 2.18. The highest BCUT2D eigenvalue weighted by molar-refractivity contribution is 5.82. The van der Waals surface area contributed by atoms with Crippen LogP contribution < -0.4 is 16.2 Å². The fourth-order valence-electron chi connectivity index (χ4n) is 2.38. The van der Waals surface area contributed by atoms with Gasteiger partial charge < -0.3 is 20.8 Å². The second-order valence-corrected chi connectivity index (χ2v) is 5.53. The fourth-order valence-corrected chi connectivity index (χ4v) is 2.38. The minimum absolute atomic E-state index is 0.156. The number of nitrogen functional groups attached to an aromatic ring is 2. The molecule has 23 heavy (non-hydrogen) atoms. The number of nitrogens with two attached hydrogens (primary N) is 2. The molecule has 3 aromatic rings. The van der Waals surface area contributed by atoms with E-state index >= 15 is 0 Å². The van der Waals surface area contributed by atoms with Gasteiger partial charge in [-0.05, 0) is 43.5 Å². The Hall–Kier alpha value is -2.83. The number of fused-ring (bicyclic) bond motifs is 1. The highest BCUT2D eigenvalue weighted by Gasteiger charge is 2.09. The van der Waals surface area contributed by atoms with Gasteiger partial charge >= 0.3 is 0 Å². The molecule has 1 aromatic carbocycles. The lowest BCUT2D eigenvalue weighted by molar-refractivity contribution is 0.302. The van der Waals surface area contributed by atoms with Gasteiger partial charge in [-0.15, -0.1) is 0 Å². The van der Waals surface area contributed by atoms with E-state index in [1.807, 2.05) is 10.6 Å². The number of hydrogen-bond donors (Lipinski definition) is 2. The molecule has 0 amide bonds. The first-order valence-corrected chi connectivity index (χ1v) is 7.48. The number of aryl methyl sites for hydroxylation is 3. The Balaban J connectivity index is 1.62. The van der Waals surface area contributed by atoms with Gasteiger partial charge in [0.2, 0.25) is 5.95 Å². The molecule has 0 aliphatic carbocycles. The number of imidazole rings is 1. The Morgan fingerprint density at radius 1 is 1.13 bits per heavy atom. The summed E-state index contributed by atoms with van der Waals surface area (Å²) in [4.78, 5) is 12.3. The quantitative estimate of drug-likeness (QED) is 0.699. The molecule has 0 fully saturated rings. The lowest BCUT2D eigenvalue weighted by atomic mass is 10.1. The molecular weight excluding hydrogens is 292 g/mol. The molecule has 2 aromatic heterocycles. The van der Waals surface area contributed by atoms with Crippen molar-refractivity contribution in [2.24, 2.45) is 0 Å². The van der Waals surface area contributed by atoms with Crippen molar-refractivity contribution in [2.75, 3.05) is 18.1 Å². The van der Waals surface area contributed by atoms with Crippen LogP contribution in [0.4, 0.5) is 11.8 Å². The Labute approximate surface area is 134 Å². The summed E-state index contributed by atoms with van der Waals surface area (Å²) in [6.07, 6.45) is 2.52. The molecule has 120 valence electrons. The zero-order chi connectivity index (χ0) is 16.4. The van der Waals surface area contributed by atoms with Crippen LogP contribution in [0.3, 0.4) is 0 Å². The summed E-state index contributed by atoms with van der Waals surface area (Å²) in [7, 11) is 0. The molecule has 0 bridgehead atoms. The van der Waals surface area contributed by atoms with Gasteiger partial charge in [0, 0.05) is 6.54 Å². The molecule has 0 aliphatic heterocycles. The molecule has 0 atom stereocenters. The van der Waals surface area contributed by atoms with Crippen LogP contribution in [0.15, 0.2) is 24.5 Å². The predicted octanol–water partition coefficient (Wildman–Crippen LogP) is 2.08. The molecule has 2 heterocycles. The molecule has 7 heteroatoms. The van der Waals surface area contributed by atoms with E-state index in [4.69, 9.17) is 16.2 Å². The van der Waals surface area contributed by atoms with E-state index in [1.54, 1.807) is 6.33 Å². The Bertz CT molecular complexity index is 842. The minimum atomic E-state index is 0.156. The highest BCUT2D eigenvalue weighted by atomic mass is 16.5. The predicted molar refractivity (Wildman–Crippen MR) is 90.2 cm³/mol. The van der Waals surface area contributed by atoms with Crippen molar-refractivity contribution in [3.63, 3.8) is 0 Å². The molecule has 0 saturated carbocycles. The van der Waals surface area contributed by atoms with E-state index in [-0.39, 0.29) is 5.95 Å². The van der Waals surface area contributed by atoms with Gasteiger partial charge in [-0.2, -0.15) is 9.97 Å². The van der Waals surface area contributed by atoms with Crippen LogP contribution in [0.1, 0.15) is 17.5 Å². The van der Waals surface area contributed by atoms with E-state index in [0.717, 1.165) is 18.7 Å². The topological polar surface area (TPSA) is 105 Å². The maximum Gasteiger partial charge on any atom is 0.224 e. The Morgan fingerprint density at radius 2 is 1.96 bits per heavy atom. The monoisotopic (exact) mass is 312 g/mol. The Kier molecular flexibility index (Phi) is 4.01. The summed E-state index contributed by atoms with van der Waals surface area (Å²) in [5, 5.41) is 0. The first-order chi connectivity index (χ1) is 11.0. The molecule has 0 unspecified atom stereocenters. The third-order valence-electron chi connectivity index (χ3n) is 3.80. The fraction of sp³-hybridized carbons (Fsp3) is 0.312. The lowest BCUT2D eigenvalue weighted by Crippen LogP contribution is -2.06. The lowest BCUT2D eigenvalue weighted by Gasteiger charge is -2.09. The average Bonchev–Trinajstić information content (AvgIpc) is 2.90. The molecule has 4 N–H and O–H groups in total. The van der Waals surface area contributed by atoms with Gasteiger partial charge in [0.15, 0.2) is 11.5 Å². The normalized spacial score (nSPS) is 11.0. The number of rotatable bonds is 5. The minimum Gasteiger partial charge on any atom is -0.494 e. The van der Waals surface area contributed by atoms with Crippen molar-refractivity contribution in [2.45, 2.75) is 26.8 Å². The zero-order valence-corrected chi connectivity index (χ0v) is 13.3. The van der Waals surface area contributed by atoms with Crippen molar-refractivity contribution in [1.29, 1.82) is 0 Å². The number of hydrogen-bond acceptors (Lipinski definition) is 6. The van der Waals surface area contributed by atoms with E-state index < -0.39 is 0 Å². The smallest absolute Gasteiger partial charge is 0.224 e. The zero-order valence-electron chi connectivity index (χ0n) is 13.3. The van der Waals surface area contributed by atoms with Crippen LogP contribution in [-0.2, 0) is 6.54 Å². The number of anilines is 2. The third kappa shape index (κ3) is 3.18. The standard InChI is InChI=1S/C16H20N6O/c1-10-4-5-12(8-11(10)2)23-7-3-6-22-9-19-13-14(17)20-16(18)21-15(13)22/h4-5,8-9H,3,6-7H2,1-2H3,(H4,17,18,20,21). The van der Waals surface area contributed by atoms with E-state index in [0.29, 0.717) is 23.6 Å².